The Kier molecular flexibility index (Phi) is 3.08. The highest BCUT2D eigenvalue weighted by Crippen LogP contribution is 2.26. The maximum Gasteiger partial charge on any atom is 0.401 e. The normalized spacial score (nSPS) is 18.2. The topological polar surface area (TPSA) is 63.7 Å². The Morgan fingerprint density at radius 1 is 1.10 bits per heavy atom. The third-order valence-electron chi connectivity index (χ3n) is 2.89. The molecule has 1 atom stereocenters. The quantitative estimate of drug-likeness (QED) is 0.490. The fourth-order valence-electron chi connectivity index (χ4n) is 1.96. The minimum absolute atomic E-state index is 0.419. The molecule has 0 amide bonds. The Morgan fingerprint density at radius 3 is 2.50 bits per heavy atom. The first-order valence-electron chi connectivity index (χ1n) is 5.86. The molecule has 1 aliphatic heterocycles. The second-order valence-corrected chi connectivity index (χ2v) is 5.10. The second-order valence-electron chi connectivity index (χ2n) is 4.15. The van der Waals surface area contributed by atoms with E-state index in [1.807, 2.05) is 0 Å². The molecule has 0 saturated carbocycles. The zero-order valence-electron chi connectivity index (χ0n) is 10.2. The van der Waals surface area contributed by atoms with E-state index in [9.17, 15) is 14.4 Å². The van der Waals surface area contributed by atoms with Crippen LogP contribution in [0.5, 0.6) is 0 Å². The lowest BCUT2D eigenvalue weighted by Gasteiger charge is -2.20. The van der Waals surface area contributed by atoms with E-state index in [-0.39, 0.29) is 0 Å². The van der Waals surface area contributed by atoms with Crippen molar-refractivity contribution in [2.75, 3.05) is 5.06 Å². The third-order valence-corrected chi connectivity index (χ3v) is 3.77. The Bertz CT molecular complexity index is 666. The number of para-hydroxylation sites is 1. The van der Waals surface area contributed by atoms with Crippen LogP contribution in [0.4, 0.5) is 5.69 Å². The van der Waals surface area contributed by atoms with Crippen LogP contribution in [-0.2, 0) is 14.4 Å². The molecular weight excluding hydrogens is 278 g/mol. The standard InChI is InChI=1S/C14H9NO4S/c16-12(10-7-4-8-20-10)11-13(17)14(18)19-15(11)9-5-2-1-3-6-9/h1-8,11H. The number of carbonyl (C=O) groups is 3. The van der Waals surface area contributed by atoms with Crippen molar-refractivity contribution in [3.8, 4) is 0 Å². The second kappa shape index (κ2) is 4.90. The summed E-state index contributed by atoms with van der Waals surface area (Å²) >= 11 is 1.22. The summed E-state index contributed by atoms with van der Waals surface area (Å²) in [4.78, 5) is 41.1. The van der Waals surface area contributed by atoms with Crippen LogP contribution in [0, 0.1) is 0 Å². The molecule has 6 heteroatoms. The predicted molar refractivity (Wildman–Crippen MR) is 72.5 cm³/mol. The lowest BCUT2D eigenvalue weighted by Crippen LogP contribution is -2.39. The molecule has 0 spiro atoms. The van der Waals surface area contributed by atoms with Gasteiger partial charge in [-0.05, 0) is 23.6 Å². The smallest absolute Gasteiger partial charge is 0.331 e. The van der Waals surface area contributed by atoms with Crippen molar-refractivity contribution in [1.82, 2.24) is 0 Å². The molecule has 1 aromatic carbocycles. The van der Waals surface area contributed by atoms with E-state index in [1.165, 1.54) is 11.3 Å². The first-order chi connectivity index (χ1) is 9.68. The van der Waals surface area contributed by atoms with Gasteiger partial charge in [0.1, 0.15) is 0 Å². The minimum atomic E-state index is -1.25. The number of benzene rings is 1. The number of thiophene rings is 1. The molecule has 5 nitrogen and oxygen atoms in total. The highest BCUT2D eigenvalue weighted by molar-refractivity contribution is 7.12. The highest BCUT2D eigenvalue weighted by Gasteiger charge is 2.47. The third kappa shape index (κ3) is 2.00. The lowest BCUT2D eigenvalue weighted by atomic mass is 10.1. The monoisotopic (exact) mass is 287 g/mol. The summed E-state index contributed by atoms with van der Waals surface area (Å²) in [7, 11) is 0. The van der Waals surface area contributed by atoms with Crippen LogP contribution < -0.4 is 5.06 Å². The van der Waals surface area contributed by atoms with Gasteiger partial charge < -0.3 is 4.84 Å². The lowest BCUT2D eigenvalue weighted by molar-refractivity contribution is -0.147. The van der Waals surface area contributed by atoms with E-state index < -0.39 is 23.6 Å². The fourth-order valence-corrected chi connectivity index (χ4v) is 2.65. The average molecular weight is 287 g/mol. The maximum atomic E-state index is 12.4. The van der Waals surface area contributed by atoms with E-state index in [1.54, 1.807) is 47.8 Å². The highest BCUT2D eigenvalue weighted by atomic mass is 32.1. The molecule has 2 aromatic rings. The SMILES string of the molecule is O=C1ON(c2ccccc2)C(C(=O)c2cccs2)C1=O. The molecule has 1 aliphatic rings. The molecule has 0 aliphatic carbocycles. The van der Waals surface area contributed by atoms with Crippen LogP contribution in [0.15, 0.2) is 47.8 Å². The zero-order chi connectivity index (χ0) is 14.1. The van der Waals surface area contributed by atoms with Gasteiger partial charge in [0.05, 0.1) is 10.6 Å². The Hall–Kier alpha value is -2.47. The van der Waals surface area contributed by atoms with Crippen molar-refractivity contribution in [3.63, 3.8) is 0 Å². The van der Waals surface area contributed by atoms with E-state index in [0.717, 1.165) is 5.06 Å². The molecule has 1 aromatic heterocycles. The molecule has 2 heterocycles. The number of ketones is 2. The van der Waals surface area contributed by atoms with Crippen LogP contribution in [-0.4, -0.2) is 23.6 Å². The van der Waals surface area contributed by atoms with Gasteiger partial charge >= 0.3 is 5.97 Å². The maximum absolute atomic E-state index is 12.4. The summed E-state index contributed by atoms with van der Waals surface area (Å²) in [6.45, 7) is 0. The summed E-state index contributed by atoms with van der Waals surface area (Å²) in [5.74, 6) is -2.28. The molecule has 3 rings (SSSR count). The molecule has 0 bridgehead atoms. The van der Waals surface area contributed by atoms with E-state index >= 15 is 0 Å². The van der Waals surface area contributed by atoms with E-state index in [0.29, 0.717) is 10.6 Å². The predicted octanol–water partition coefficient (Wildman–Crippen LogP) is 1.85. The van der Waals surface area contributed by atoms with Crippen molar-refractivity contribution < 1.29 is 19.2 Å². The van der Waals surface area contributed by atoms with Crippen LogP contribution in [0.1, 0.15) is 9.67 Å². The van der Waals surface area contributed by atoms with Gasteiger partial charge in [0, 0.05) is 0 Å². The van der Waals surface area contributed by atoms with Gasteiger partial charge in [-0.2, -0.15) is 5.06 Å². The number of hydrogen-bond acceptors (Lipinski definition) is 6. The average Bonchev–Trinajstić information content (AvgIpc) is 3.09. The molecule has 0 radical (unpaired) electrons. The van der Waals surface area contributed by atoms with Crippen LogP contribution in [0.3, 0.4) is 0 Å². The molecule has 1 saturated heterocycles. The fraction of sp³-hybridized carbons (Fsp3) is 0.0714. The van der Waals surface area contributed by atoms with Crippen molar-refractivity contribution in [1.29, 1.82) is 0 Å². The molecular formula is C14H9NO4S. The van der Waals surface area contributed by atoms with Crippen molar-refractivity contribution in [2.45, 2.75) is 6.04 Å². The molecule has 100 valence electrons. The summed E-state index contributed by atoms with van der Waals surface area (Å²) in [5.41, 5.74) is 0.488. The number of carbonyl (C=O) groups excluding carboxylic acids is 3. The van der Waals surface area contributed by atoms with Crippen molar-refractivity contribution >= 4 is 34.6 Å². The first kappa shape index (κ1) is 12.6. The summed E-state index contributed by atoms with van der Waals surface area (Å²) < 4.78 is 0. The number of Topliss-reactive ketones (excluding diaryl/α,β-unsaturated/α-hetero) is 2. The van der Waals surface area contributed by atoms with Gasteiger partial charge in [0.2, 0.25) is 11.8 Å². The van der Waals surface area contributed by atoms with Gasteiger partial charge in [0.15, 0.2) is 0 Å². The first-order valence-corrected chi connectivity index (χ1v) is 6.74. The van der Waals surface area contributed by atoms with Crippen molar-refractivity contribution in [2.24, 2.45) is 0 Å². The molecule has 0 N–H and O–H groups in total. The van der Waals surface area contributed by atoms with Crippen LogP contribution >= 0.6 is 11.3 Å². The molecule has 20 heavy (non-hydrogen) atoms. The Morgan fingerprint density at radius 2 is 1.85 bits per heavy atom. The van der Waals surface area contributed by atoms with Crippen LogP contribution in [0.25, 0.3) is 0 Å². The minimum Gasteiger partial charge on any atom is -0.331 e. The van der Waals surface area contributed by atoms with Gasteiger partial charge in [-0.3, -0.25) is 9.59 Å². The van der Waals surface area contributed by atoms with E-state index in [2.05, 4.69) is 0 Å². The van der Waals surface area contributed by atoms with Crippen molar-refractivity contribution in [3.05, 3.63) is 52.7 Å². The summed E-state index contributed by atoms with van der Waals surface area (Å²) in [5, 5.41) is 2.81. The number of rotatable bonds is 3. The van der Waals surface area contributed by atoms with Gasteiger partial charge in [0.25, 0.3) is 5.78 Å². The number of anilines is 1. The van der Waals surface area contributed by atoms with Gasteiger partial charge in [-0.25, -0.2) is 4.79 Å². The van der Waals surface area contributed by atoms with Crippen LogP contribution in [0.2, 0.25) is 0 Å². The molecule has 1 fully saturated rings. The Labute approximate surface area is 118 Å². The van der Waals surface area contributed by atoms with Gasteiger partial charge in [-0.1, -0.05) is 24.3 Å². The molecule has 1 unspecified atom stereocenters. The summed E-state index contributed by atoms with van der Waals surface area (Å²) in [6, 6.07) is 10.7. The Balaban J connectivity index is 1.99. The largest absolute Gasteiger partial charge is 0.401 e. The summed E-state index contributed by atoms with van der Waals surface area (Å²) in [6.07, 6.45) is 0. The zero-order valence-corrected chi connectivity index (χ0v) is 11.0. The van der Waals surface area contributed by atoms with Gasteiger partial charge in [-0.15, -0.1) is 11.3 Å². The number of nitrogens with zero attached hydrogens (tertiary/aromatic N) is 1. The van der Waals surface area contributed by atoms with E-state index in [4.69, 9.17) is 4.84 Å². The number of hydroxylamine groups is 1. The number of hydrogen-bond donors (Lipinski definition) is 0.